The Bertz CT molecular complexity index is 698. The third-order valence-electron chi connectivity index (χ3n) is 3.23. The molecule has 0 amide bonds. The van der Waals surface area contributed by atoms with Crippen LogP contribution in [0.1, 0.15) is 12.8 Å². The van der Waals surface area contributed by atoms with Crippen LogP contribution in [0.15, 0.2) is 18.2 Å². The number of fused-ring (bicyclic) bond motifs is 1. The fourth-order valence-corrected chi connectivity index (χ4v) is 4.63. The SMILES string of the molecule is O=S1(=O)CCC(Nc2nc3ccc(F)cc3s2)CC1. The van der Waals surface area contributed by atoms with Crippen LogP contribution in [0, 0.1) is 5.82 Å². The molecule has 7 heteroatoms. The maximum atomic E-state index is 13.1. The molecule has 1 aliphatic heterocycles. The molecule has 0 aliphatic carbocycles. The van der Waals surface area contributed by atoms with E-state index in [2.05, 4.69) is 10.3 Å². The van der Waals surface area contributed by atoms with Crippen molar-refractivity contribution in [2.24, 2.45) is 0 Å². The average Bonchev–Trinajstić information content (AvgIpc) is 2.73. The molecule has 4 nitrogen and oxygen atoms in total. The highest BCUT2D eigenvalue weighted by molar-refractivity contribution is 7.91. The van der Waals surface area contributed by atoms with Crippen LogP contribution in [0.2, 0.25) is 0 Å². The summed E-state index contributed by atoms with van der Waals surface area (Å²) >= 11 is 1.39. The van der Waals surface area contributed by atoms with Gasteiger partial charge in [0.25, 0.3) is 0 Å². The highest BCUT2D eigenvalue weighted by Gasteiger charge is 2.24. The van der Waals surface area contributed by atoms with Gasteiger partial charge in [-0.2, -0.15) is 0 Å². The highest BCUT2D eigenvalue weighted by atomic mass is 32.2. The number of hydrogen-bond acceptors (Lipinski definition) is 5. The monoisotopic (exact) mass is 300 g/mol. The van der Waals surface area contributed by atoms with Gasteiger partial charge < -0.3 is 5.32 Å². The molecule has 1 aromatic heterocycles. The second kappa shape index (κ2) is 4.72. The number of benzene rings is 1. The van der Waals surface area contributed by atoms with Gasteiger partial charge in [-0.1, -0.05) is 11.3 Å². The molecule has 1 saturated heterocycles. The molecule has 0 bridgehead atoms. The molecule has 2 aromatic rings. The number of rotatable bonds is 2. The standard InChI is InChI=1S/C12H13FN2O2S2/c13-8-1-2-10-11(7-8)18-12(15-10)14-9-3-5-19(16,17)6-4-9/h1-2,7,9H,3-6H2,(H,14,15). The number of sulfone groups is 1. The molecule has 1 N–H and O–H groups in total. The largest absolute Gasteiger partial charge is 0.359 e. The van der Waals surface area contributed by atoms with Gasteiger partial charge in [0.15, 0.2) is 5.13 Å². The van der Waals surface area contributed by atoms with Crippen LogP contribution in [0.4, 0.5) is 9.52 Å². The molecule has 0 saturated carbocycles. The molecule has 0 radical (unpaired) electrons. The number of nitrogens with one attached hydrogen (secondary N) is 1. The summed E-state index contributed by atoms with van der Waals surface area (Å²) in [7, 11) is -2.84. The predicted octanol–water partition coefficient (Wildman–Crippen LogP) is 2.42. The van der Waals surface area contributed by atoms with Gasteiger partial charge in [-0.25, -0.2) is 17.8 Å². The quantitative estimate of drug-likeness (QED) is 0.925. The van der Waals surface area contributed by atoms with Gasteiger partial charge in [-0.15, -0.1) is 0 Å². The van der Waals surface area contributed by atoms with Crippen molar-refractivity contribution < 1.29 is 12.8 Å². The molecule has 3 rings (SSSR count). The first-order valence-electron chi connectivity index (χ1n) is 6.05. The van der Waals surface area contributed by atoms with Gasteiger partial charge in [0.05, 0.1) is 21.7 Å². The van der Waals surface area contributed by atoms with E-state index in [1.807, 2.05) is 0 Å². The maximum Gasteiger partial charge on any atom is 0.184 e. The van der Waals surface area contributed by atoms with Crippen molar-refractivity contribution in [1.29, 1.82) is 0 Å². The lowest BCUT2D eigenvalue weighted by Gasteiger charge is -2.22. The number of halogens is 1. The first-order chi connectivity index (χ1) is 9.02. The van der Waals surface area contributed by atoms with E-state index < -0.39 is 9.84 Å². The molecule has 0 atom stereocenters. The van der Waals surface area contributed by atoms with E-state index in [0.717, 1.165) is 15.3 Å². The van der Waals surface area contributed by atoms with Crippen molar-refractivity contribution in [2.45, 2.75) is 18.9 Å². The van der Waals surface area contributed by atoms with Crippen LogP contribution < -0.4 is 5.32 Å². The summed E-state index contributed by atoms with van der Waals surface area (Å²) in [6.07, 6.45) is 1.21. The smallest absolute Gasteiger partial charge is 0.184 e. The Balaban J connectivity index is 1.75. The third-order valence-corrected chi connectivity index (χ3v) is 5.90. The zero-order valence-corrected chi connectivity index (χ0v) is 11.7. The Morgan fingerprint density at radius 3 is 2.79 bits per heavy atom. The normalized spacial score (nSPS) is 19.6. The third kappa shape index (κ3) is 2.87. The lowest BCUT2D eigenvalue weighted by Crippen LogP contribution is -2.32. The lowest BCUT2D eigenvalue weighted by atomic mass is 10.2. The van der Waals surface area contributed by atoms with E-state index in [1.165, 1.54) is 23.5 Å². The van der Waals surface area contributed by atoms with Crippen molar-refractivity contribution in [3.8, 4) is 0 Å². The zero-order chi connectivity index (χ0) is 13.5. The minimum Gasteiger partial charge on any atom is -0.359 e. The number of hydrogen-bond donors (Lipinski definition) is 1. The zero-order valence-electron chi connectivity index (χ0n) is 10.1. The van der Waals surface area contributed by atoms with Crippen molar-refractivity contribution in [1.82, 2.24) is 4.98 Å². The summed E-state index contributed by atoms with van der Waals surface area (Å²) in [5.41, 5.74) is 0.761. The first kappa shape index (κ1) is 12.8. The fourth-order valence-electron chi connectivity index (χ4n) is 2.17. The summed E-state index contributed by atoms with van der Waals surface area (Å²) in [6, 6.07) is 4.63. The van der Waals surface area contributed by atoms with Crippen LogP contribution in [0.3, 0.4) is 0 Å². The molecule has 0 unspecified atom stereocenters. The number of thiazole rings is 1. The van der Waals surface area contributed by atoms with E-state index in [4.69, 9.17) is 0 Å². The van der Waals surface area contributed by atoms with Crippen LogP contribution in [0.25, 0.3) is 10.2 Å². The molecule has 1 fully saturated rings. The van der Waals surface area contributed by atoms with Crippen LogP contribution in [-0.2, 0) is 9.84 Å². The second-order valence-corrected chi connectivity index (χ2v) is 8.04. The molecular weight excluding hydrogens is 287 g/mol. The highest BCUT2D eigenvalue weighted by Crippen LogP contribution is 2.28. The van der Waals surface area contributed by atoms with Gasteiger partial charge in [-0.05, 0) is 31.0 Å². The van der Waals surface area contributed by atoms with Gasteiger partial charge in [0.1, 0.15) is 15.7 Å². The Morgan fingerprint density at radius 2 is 2.05 bits per heavy atom. The Morgan fingerprint density at radius 1 is 1.32 bits per heavy atom. The first-order valence-corrected chi connectivity index (χ1v) is 8.69. The molecule has 1 aliphatic rings. The van der Waals surface area contributed by atoms with Gasteiger partial charge in [-0.3, -0.25) is 0 Å². The van der Waals surface area contributed by atoms with Crippen LogP contribution in [-0.4, -0.2) is 30.9 Å². The Kier molecular flexibility index (Phi) is 3.18. The van der Waals surface area contributed by atoms with E-state index >= 15 is 0 Å². The summed E-state index contributed by atoms with van der Waals surface area (Å²) in [6.45, 7) is 0. The van der Waals surface area contributed by atoms with E-state index in [1.54, 1.807) is 6.07 Å². The summed E-state index contributed by atoms with van der Waals surface area (Å²) < 4.78 is 36.6. The molecule has 2 heterocycles. The topological polar surface area (TPSA) is 59.1 Å². The lowest BCUT2D eigenvalue weighted by molar-refractivity contribution is 0.559. The second-order valence-electron chi connectivity index (χ2n) is 4.70. The minimum absolute atomic E-state index is 0.133. The maximum absolute atomic E-state index is 13.1. The van der Waals surface area contributed by atoms with Crippen molar-refractivity contribution in [3.05, 3.63) is 24.0 Å². The van der Waals surface area contributed by atoms with Crippen LogP contribution in [0.5, 0.6) is 0 Å². The minimum atomic E-state index is -2.84. The summed E-state index contributed by atoms with van der Waals surface area (Å²) in [5, 5.41) is 3.97. The Hall–Kier alpha value is -1.21. The molecule has 102 valence electrons. The van der Waals surface area contributed by atoms with E-state index in [0.29, 0.717) is 12.8 Å². The molecular formula is C12H13FN2O2S2. The van der Waals surface area contributed by atoms with Crippen molar-refractivity contribution in [3.63, 3.8) is 0 Å². The molecule has 0 spiro atoms. The van der Waals surface area contributed by atoms with Crippen molar-refractivity contribution >= 4 is 36.5 Å². The summed E-state index contributed by atoms with van der Waals surface area (Å²) in [4.78, 5) is 4.38. The van der Waals surface area contributed by atoms with Gasteiger partial charge in [0.2, 0.25) is 0 Å². The van der Waals surface area contributed by atoms with Crippen LogP contribution >= 0.6 is 11.3 Å². The van der Waals surface area contributed by atoms with E-state index in [9.17, 15) is 12.8 Å². The number of nitrogens with zero attached hydrogens (tertiary/aromatic N) is 1. The number of aromatic nitrogens is 1. The fraction of sp³-hybridized carbons (Fsp3) is 0.417. The predicted molar refractivity (Wildman–Crippen MR) is 74.9 cm³/mol. The number of anilines is 1. The molecule has 19 heavy (non-hydrogen) atoms. The van der Waals surface area contributed by atoms with Gasteiger partial charge in [0, 0.05) is 6.04 Å². The molecule has 1 aromatic carbocycles. The Labute approximate surface area is 114 Å². The average molecular weight is 300 g/mol. The van der Waals surface area contributed by atoms with E-state index in [-0.39, 0.29) is 23.4 Å². The van der Waals surface area contributed by atoms with Crippen molar-refractivity contribution in [2.75, 3.05) is 16.8 Å². The summed E-state index contributed by atoms with van der Waals surface area (Å²) in [5.74, 6) is 0.181. The van der Waals surface area contributed by atoms with Gasteiger partial charge >= 0.3 is 0 Å².